The molecular formula is C14H16F3N5. The molecule has 0 bridgehead atoms. The van der Waals surface area contributed by atoms with Gasteiger partial charge in [0.1, 0.15) is 5.69 Å². The van der Waals surface area contributed by atoms with Gasteiger partial charge in [-0.15, -0.1) is 0 Å². The van der Waals surface area contributed by atoms with Crippen LogP contribution in [0.2, 0.25) is 0 Å². The van der Waals surface area contributed by atoms with Crippen molar-refractivity contribution in [3.63, 3.8) is 0 Å². The van der Waals surface area contributed by atoms with E-state index < -0.39 is 11.9 Å². The summed E-state index contributed by atoms with van der Waals surface area (Å²) in [5.74, 6) is 0.143. The van der Waals surface area contributed by atoms with E-state index in [1.54, 1.807) is 10.9 Å². The first-order chi connectivity index (χ1) is 10.3. The fourth-order valence-corrected chi connectivity index (χ4v) is 2.17. The second-order valence-electron chi connectivity index (χ2n) is 5.51. The first-order valence-corrected chi connectivity index (χ1v) is 7.02. The maximum Gasteiger partial charge on any atom is 0.433 e. The summed E-state index contributed by atoms with van der Waals surface area (Å²) >= 11 is 0. The van der Waals surface area contributed by atoms with Crippen molar-refractivity contribution >= 4 is 5.95 Å². The number of alkyl halides is 3. The van der Waals surface area contributed by atoms with Crippen molar-refractivity contribution in [3.05, 3.63) is 34.9 Å². The van der Waals surface area contributed by atoms with Crippen molar-refractivity contribution in [2.24, 2.45) is 7.05 Å². The number of nitrogens with zero attached hydrogens (tertiary/aromatic N) is 4. The van der Waals surface area contributed by atoms with Crippen LogP contribution in [-0.2, 0) is 19.8 Å². The van der Waals surface area contributed by atoms with Crippen molar-refractivity contribution in [2.75, 3.05) is 5.32 Å². The van der Waals surface area contributed by atoms with Gasteiger partial charge in [-0.2, -0.15) is 18.3 Å². The molecule has 0 amide bonds. The molecule has 0 radical (unpaired) electrons. The quantitative estimate of drug-likeness (QED) is 0.943. The molecule has 0 atom stereocenters. The van der Waals surface area contributed by atoms with Gasteiger partial charge in [0.05, 0.1) is 6.20 Å². The predicted molar refractivity (Wildman–Crippen MR) is 74.3 cm³/mol. The van der Waals surface area contributed by atoms with Gasteiger partial charge in [0.2, 0.25) is 5.95 Å². The van der Waals surface area contributed by atoms with Crippen molar-refractivity contribution in [2.45, 2.75) is 38.4 Å². The number of aromatic nitrogens is 4. The zero-order chi connectivity index (χ0) is 15.9. The predicted octanol–water partition coefficient (Wildman–Crippen LogP) is 3.03. The first-order valence-electron chi connectivity index (χ1n) is 7.02. The Hall–Kier alpha value is -2.12. The largest absolute Gasteiger partial charge is 0.433 e. The summed E-state index contributed by atoms with van der Waals surface area (Å²) in [6, 6.07) is 1.05. The molecule has 1 N–H and O–H groups in total. The van der Waals surface area contributed by atoms with Crippen LogP contribution in [0.4, 0.5) is 19.1 Å². The fourth-order valence-electron chi connectivity index (χ4n) is 2.17. The van der Waals surface area contributed by atoms with E-state index in [0.29, 0.717) is 12.2 Å². The monoisotopic (exact) mass is 311 g/mol. The summed E-state index contributed by atoms with van der Waals surface area (Å²) in [4.78, 5) is 7.80. The number of anilines is 1. The average Bonchev–Trinajstić information content (AvgIpc) is 3.25. The van der Waals surface area contributed by atoms with Gasteiger partial charge in [-0.25, -0.2) is 9.97 Å². The molecule has 1 saturated carbocycles. The number of hydrogen-bond acceptors (Lipinski definition) is 4. The van der Waals surface area contributed by atoms with E-state index in [4.69, 9.17) is 0 Å². The van der Waals surface area contributed by atoms with Crippen LogP contribution >= 0.6 is 0 Å². The summed E-state index contributed by atoms with van der Waals surface area (Å²) < 4.78 is 40.5. The maximum absolute atomic E-state index is 12.9. The van der Waals surface area contributed by atoms with Crippen molar-refractivity contribution in [3.8, 4) is 0 Å². The van der Waals surface area contributed by atoms with E-state index in [1.165, 1.54) is 0 Å². The molecule has 22 heavy (non-hydrogen) atoms. The van der Waals surface area contributed by atoms with Crippen LogP contribution in [0.25, 0.3) is 0 Å². The molecule has 5 nitrogen and oxygen atoms in total. The minimum atomic E-state index is -4.47. The molecule has 2 heterocycles. The van der Waals surface area contributed by atoms with Gasteiger partial charge in [0.15, 0.2) is 0 Å². The number of aryl methyl sites for hydroxylation is 1. The topological polar surface area (TPSA) is 55.6 Å². The molecule has 8 heteroatoms. The van der Waals surface area contributed by atoms with E-state index in [9.17, 15) is 13.2 Å². The van der Waals surface area contributed by atoms with Crippen LogP contribution < -0.4 is 5.32 Å². The Morgan fingerprint density at radius 2 is 2.05 bits per heavy atom. The third kappa shape index (κ3) is 3.05. The highest BCUT2D eigenvalue weighted by Gasteiger charge is 2.36. The molecule has 0 spiro atoms. The summed E-state index contributed by atoms with van der Waals surface area (Å²) in [7, 11) is 1.81. The highest BCUT2D eigenvalue weighted by atomic mass is 19.4. The van der Waals surface area contributed by atoms with Gasteiger partial charge in [-0.05, 0) is 25.8 Å². The molecule has 118 valence electrons. The summed E-state index contributed by atoms with van der Waals surface area (Å²) in [5, 5.41) is 6.97. The second-order valence-corrected chi connectivity index (χ2v) is 5.51. The number of nitrogens with one attached hydrogen (secondary N) is 1. The highest BCUT2D eigenvalue weighted by molar-refractivity contribution is 5.33. The van der Waals surface area contributed by atoms with Crippen LogP contribution in [0.1, 0.15) is 41.4 Å². The second kappa shape index (κ2) is 5.26. The van der Waals surface area contributed by atoms with Crippen molar-refractivity contribution < 1.29 is 13.2 Å². The molecular weight excluding hydrogens is 295 g/mol. The van der Waals surface area contributed by atoms with Gasteiger partial charge in [-0.3, -0.25) is 4.68 Å². The van der Waals surface area contributed by atoms with Crippen LogP contribution in [0.5, 0.6) is 0 Å². The number of rotatable bonds is 4. The molecule has 0 aromatic carbocycles. The van der Waals surface area contributed by atoms with Gasteiger partial charge in [0.25, 0.3) is 0 Å². The fraction of sp³-hybridized carbons (Fsp3) is 0.500. The van der Waals surface area contributed by atoms with Crippen LogP contribution in [-0.4, -0.2) is 19.7 Å². The lowest BCUT2D eigenvalue weighted by molar-refractivity contribution is -0.141. The summed E-state index contributed by atoms with van der Waals surface area (Å²) in [5.41, 5.74) is 1.42. The standard InChI is InChI=1S/C14H16F3N5/c1-8-10(7-19-22(8)2)6-18-13-20-11(9-3-4-9)5-12(21-13)14(15,16)17/h5,7,9H,3-4,6H2,1-2H3,(H,18,20,21). The van der Waals surface area contributed by atoms with E-state index in [0.717, 1.165) is 30.2 Å². The Morgan fingerprint density at radius 1 is 1.32 bits per heavy atom. The van der Waals surface area contributed by atoms with Crippen LogP contribution in [0, 0.1) is 6.92 Å². The van der Waals surface area contributed by atoms with Gasteiger partial charge < -0.3 is 5.32 Å². The average molecular weight is 311 g/mol. The highest BCUT2D eigenvalue weighted by Crippen LogP contribution is 2.41. The van der Waals surface area contributed by atoms with E-state index in [2.05, 4.69) is 20.4 Å². The Morgan fingerprint density at radius 3 is 2.59 bits per heavy atom. The minimum absolute atomic E-state index is 0.0139. The third-order valence-corrected chi connectivity index (χ3v) is 3.81. The lowest BCUT2D eigenvalue weighted by Crippen LogP contribution is -2.13. The van der Waals surface area contributed by atoms with Crippen molar-refractivity contribution in [1.29, 1.82) is 0 Å². The Balaban J connectivity index is 1.83. The Kier molecular flexibility index (Phi) is 3.54. The number of hydrogen-bond donors (Lipinski definition) is 1. The molecule has 0 unspecified atom stereocenters. The molecule has 1 aliphatic rings. The first kappa shape index (κ1) is 14.8. The van der Waals surface area contributed by atoms with Gasteiger partial charge in [0, 0.05) is 36.5 Å². The number of halogens is 3. The molecule has 2 aromatic heterocycles. The molecule has 0 saturated heterocycles. The van der Waals surface area contributed by atoms with Crippen LogP contribution in [0.15, 0.2) is 12.3 Å². The molecule has 0 aliphatic heterocycles. The molecule has 2 aromatic rings. The van der Waals surface area contributed by atoms with E-state index in [-0.39, 0.29) is 11.9 Å². The zero-order valence-corrected chi connectivity index (χ0v) is 12.3. The minimum Gasteiger partial charge on any atom is -0.350 e. The Labute approximate surface area is 125 Å². The van der Waals surface area contributed by atoms with Gasteiger partial charge in [-0.1, -0.05) is 0 Å². The SMILES string of the molecule is Cc1c(CNc2nc(C3CC3)cc(C(F)(F)F)n2)cnn1C. The van der Waals surface area contributed by atoms with E-state index >= 15 is 0 Å². The van der Waals surface area contributed by atoms with Crippen molar-refractivity contribution in [1.82, 2.24) is 19.7 Å². The third-order valence-electron chi connectivity index (χ3n) is 3.81. The van der Waals surface area contributed by atoms with Crippen LogP contribution in [0.3, 0.4) is 0 Å². The summed E-state index contributed by atoms with van der Waals surface area (Å²) in [6.45, 7) is 2.23. The Bertz CT molecular complexity index is 688. The molecule has 3 rings (SSSR count). The molecule has 1 fully saturated rings. The smallest absolute Gasteiger partial charge is 0.350 e. The lowest BCUT2D eigenvalue weighted by Gasteiger charge is -2.11. The lowest BCUT2D eigenvalue weighted by atomic mass is 10.2. The molecule has 1 aliphatic carbocycles. The normalized spacial score (nSPS) is 15.1. The summed E-state index contributed by atoms with van der Waals surface area (Å²) in [6.07, 6.45) is -1.02. The zero-order valence-electron chi connectivity index (χ0n) is 12.3. The van der Waals surface area contributed by atoms with E-state index in [1.807, 2.05) is 14.0 Å². The van der Waals surface area contributed by atoms with Gasteiger partial charge >= 0.3 is 6.18 Å². The maximum atomic E-state index is 12.9.